The maximum absolute atomic E-state index is 12.8. The molecule has 2 aromatic heterocycles. The molecule has 0 atom stereocenters. The van der Waals surface area contributed by atoms with E-state index in [1.54, 1.807) is 35.9 Å². The molecule has 1 saturated carbocycles. The van der Waals surface area contributed by atoms with E-state index in [1.807, 2.05) is 0 Å². The number of halogens is 4. The van der Waals surface area contributed by atoms with Gasteiger partial charge in [-0.3, -0.25) is 9.36 Å². The van der Waals surface area contributed by atoms with Crippen molar-refractivity contribution in [2.75, 3.05) is 5.32 Å². The second kappa shape index (κ2) is 8.96. The van der Waals surface area contributed by atoms with E-state index < -0.39 is 12.3 Å². The molecule has 0 aliphatic heterocycles. The lowest BCUT2D eigenvalue weighted by Gasteiger charge is -2.28. The number of para-hydroxylation sites is 1. The number of carbonyl (C=O) groups is 1. The minimum absolute atomic E-state index is 0.110. The molecule has 3 aromatic rings. The van der Waals surface area contributed by atoms with Crippen molar-refractivity contribution in [3.63, 3.8) is 0 Å². The van der Waals surface area contributed by atoms with Gasteiger partial charge in [0.2, 0.25) is 12.4 Å². The van der Waals surface area contributed by atoms with Crippen molar-refractivity contribution in [3.05, 3.63) is 46.1 Å². The fourth-order valence-corrected chi connectivity index (χ4v) is 4.32. The normalized spacial score (nSPS) is 19.0. The lowest BCUT2D eigenvalue weighted by Crippen LogP contribution is -2.38. The van der Waals surface area contributed by atoms with Crippen LogP contribution in [0.1, 0.15) is 36.0 Å². The largest absolute Gasteiger partial charge is 0.349 e. The second-order valence-electron chi connectivity index (χ2n) is 7.70. The number of alkyl halides is 2. The van der Waals surface area contributed by atoms with E-state index >= 15 is 0 Å². The third-order valence-electron chi connectivity index (χ3n) is 5.63. The second-order valence-corrected chi connectivity index (χ2v) is 8.52. The first-order chi connectivity index (χ1) is 14.8. The van der Waals surface area contributed by atoms with Crippen molar-refractivity contribution in [1.29, 1.82) is 0 Å². The average molecular weight is 468 g/mol. The molecule has 1 amide bonds. The summed E-state index contributed by atoms with van der Waals surface area (Å²) < 4.78 is 27.4. The number of hydrogen-bond acceptors (Lipinski definition) is 4. The first kappa shape index (κ1) is 21.8. The number of nitrogens with one attached hydrogen (secondary N) is 2. The van der Waals surface area contributed by atoms with Gasteiger partial charge in [0.25, 0.3) is 5.91 Å². The van der Waals surface area contributed by atoms with Crippen LogP contribution in [0.3, 0.4) is 0 Å². The Hall–Kier alpha value is -2.45. The Labute approximate surface area is 188 Å². The molecule has 1 aliphatic rings. The van der Waals surface area contributed by atoms with Crippen molar-refractivity contribution in [2.24, 2.45) is 13.0 Å². The lowest BCUT2D eigenvalue weighted by molar-refractivity contribution is 0.0499. The van der Waals surface area contributed by atoms with Gasteiger partial charge in [-0.1, -0.05) is 29.3 Å². The van der Waals surface area contributed by atoms with E-state index in [0.29, 0.717) is 64.1 Å². The van der Waals surface area contributed by atoms with E-state index in [2.05, 4.69) is 20.6 Å². The highest BCUT2D eigenvalue weighted by atomic mass is 35.5. The van der Waals surface area contributed by atoms with Gasteiger partial charge in [-0.25, -0.2) is 18.7 Å². The summed E-state index contributed by atoms with van der Waals surface area (Å²) in [7, 11) is 1.79. The Bertz CT molecular complexity index is 1090. The number of anilines is 2. The highest BCUT2D eigenvalue weighted by molar-refractivity contribution is 6.39. The smallest absolute Gasteiger partial charge is 0.253 e. The summed E-state index contributed by atoms with van der Waals surface area (Å²) in [6, 6.07) is 6.72. The predicted octanol–water partition coefficient (Wildman–Crippen LogP) is 5.57. The molecule has 0 bridgehead atoms. The fraction of sp³-hybridized carbons (Fsp3) is 0.381. The van der Waals surface area contributed by atoms with Gasteiger partial charge in [0, 0.05) is 25.2 Å². The number of benzene rings is 1. The molecule has 1 aromatic carbocycles. The van der Waals surface area contributed by atoms with Gasteiger partial charge in [0.1, 0.15) is 5.52 Å². The van der Waals surface area contributed by atoms with Crippen molar-refractivity contribution in [1.82, 2.24) is 19.9 Å². The van der Waals surface area contributed by atoms with E-state index in [-0.39, 0.29) is 11.9 Å². The van der Waals surface area contributed by atoms with Gasteiger partial charge in [-0.15, -0.1) is 0 Å². The summed E-state index contributed by atoms with van der Waals surface area (Å²) in [5.41, 5.74) is 2.01. The van der Waals surface area contributed by atoms with Crippen LogP contribution in [0.2, 0.25) is 10.0 Å². The summed E-state index contributed by atoms with van der Waals surface area (Å²) in [6.45, 7) is 0. The lowest BCUT2D eigenvalue weighted by atomic mass is 9.86. The number of rotatable bonds is 5. The van der Waals surface area contributed by atoms with Crippen LogP contribution in [-0.2, 0) is 7.05 Å². The first-order valence-electron chi connectivity index (χ1n) is 9.96. The van der Waals surface area contributed by atoms with Gasteiger partial charge in [-0.2, -0.15) is 0 Å². The molecule has 0 unspecified atom stereocenters. The van der Waals surface area contributed by atoms with Crippen LogP contribution in [0.4, 0.5) is 20.4 Å². The molecule has 0 saturated heterocycles. The van der Waals surface area contributed by atoms with Crippen LogP contribution in [0, 0.1) is 5.92 Å². The maximum atomic E-state index is 12.8. The van der Waals surface area contributed by atoms with Gasteiger partial charge in [-0.05, 0) is 43.9 Å². The Balaban J connectivity index is 1.50. The zero-order valence-electron chi connectivity index (χ0n) is 16.7. The minimum Gasteiger partial charge on any atom is -0.349 e. The molecule has 31 heavy (non-hydrogen) atoms. The number of hydrogen-bond donors (Lipinski definition) is 2. The summed E-state index contributed by atoms with van der Waals surface area (Å²) in [6.07, 6.45) is 1.12. The van der Waals surface area contributed by atoms with Crippen molar-refractivity contribution in [3.8, 4) is 0 Å². The number of aromatic nitrogens is 3. The van der Waals surface area contributed by atoms with Crippen molar-refractivity contribution < 1.29 is 13.6 Å². The molecule has 1 aliphatic carbocycles. The van der Waals surface area contributed by atoms with Crippen LogP contribution in [0.15, 0.2) is 30.5 Å². The SMILES string of the molecule is Cn1c(Nc2c(Cl)cccc2Cl)nc2cc(C(=O)N[C@H]3CC[C@H](C(F)F)CC3)cnc21. The minimum atomic E-state index is -2.30. The highest BCUT2D eigenvalue weighted by Crippen LogP contribution is 2.33. The molecule has 2 N–H and O–H groups in total. The van der Waals surface area contributed by atoms with E-state index in [1.165, 1.54) is 6.20 Å². The Morgan fingerprint density at radius 3 is 2.52 bits per heavy atom. The third kappa shape index (κ3) is 4.60. The van der Waals surface area contributed by atoms with E-state index in [4.69, 9.17) is 23.2 Å². The fourth-order valence-electron chi connectivity index (χ4n) is 3.83. The number of amides is 1. The Morgan fingerprint density at radius 2 is 1.87 bits per heavy atom. The van der Waals surface area contributed by atoms with Gasteiger partial charge < -0.3 is 10.6 Å². The van der Waals surface area contributed by atoms with Crippen LogP contribution in [-0.4, -0.2) is 32.9 Å². The van der Waals surface area contributed by atoms with Gasteiger partial charge in [0.05, 0.1) is 21.3 Å². The molecule has 1 fully saturated rings. The van der Waals surface area contributed by atoms with Crippen LogP contribution >= 0.6 is 23.2 Å². The quantitative estimate of drug-likeness (QED) is 0.514. The topological polar surface area (TPSA) is 71.8 Å². The predicted molar refractivity (Wildman–Crippen MR) is 117 cm³/mol. The highest BCUT2D eigenvalue weighted by Gasteiger charge is 2.28. The number of carbonyl (C=O) groups excluding carboxylic acids is 1. The molecular formula is C21H21Cl2F2N5O. The zero-order chi connectivity index (χ0) is 22.1. The summed E-state index contributed by atoms with van der Waals surface area (Å²) >= 11 is 12.4. The molecule has 0 radical (unpaired) electrons. The molecule has 164 valence electrons. The Morgan fingerprint density at radius 1 is 1.19 bits per heavy atom. The standard InChI is InChI=1S/C21H21Cl2F2N5O/c1-30-19-16(28-21(30)29-17-14(22)3-2-4-15(17)23)9-12(10-26-19)20(31)27-13-7-5-11(6-8-13)18(24)25/h2-4,9-11,13,18H,5-8H2,1H3,(H,27,31)(H,28,29)/t11-,13-. The molecule has 10 heteroatoms. The first-order valence-corrected chi connectivity index (χ1v) is 10.7. The van der Waals surface area contributed by atoms with E-state index in [0.717, 1.165) is 0 Å². The van der Waals surface area contributed by atoms with Crippen LogP contribution < -0.4 is 10.6 Å². The molecule has 4 rings (SSSR count). The number of pyridine rings is 1. The number of nitrogens with zero attached hydrogens (tertiary/aromatic N) is 3. The van der Waals surface area contributed by atoms with Crippen molar-refractivity contribution >= 4 is 51.9 Å². The monoisotopic (exact) mass is 467 g/mol. The summed E-state index contributed by atoms with van der Waals surface area (Å²) in [5.74, 6) is -0.387. The van der Waals surface area contributed by atoms with Gasteiger partial charge >= 0.3 is 0 Å². The van der Waals surface area contributed by atoms with Crippen LogP contribution in [0.25, 0.3) is 11.2 Å². The number of fused-ring (bicyclic) bond motifs is 1. The molecule has 6 nitrogen and oxygen atoms in total. The molecule has 0 spiro atoms. The average Bonchev–Trinajstić information content (AvgIpc) is 3.06. The van der Waals surface area contributed by atoms with Gasteiger partial charge in [0.15, 0.2) is 5.65 Å². The van der Waals surface area contributed by atoms with E-state index in [9.17, 15) is 13.6 Å². The maximum Gasteiger partial charge on any atom is 0.253 e. The summed E-state index contributed by atoms with van der Waals surface area (Å²) in [4.78, 5) is 21.5. The summed E-state index contributed by atoms with van der Waals surface area (Å²) in [5, 5.41) is 6.94. The molecular weight excluding hydrogens is 447 g/mol. The number of imidazole rings is 1. The molecule has 2 heterocycles. The Kier molecular flexibility index (Phi) is 6.29. The van der Waals surface area contributed by atoms with Crippen LogP contribution in [0.5, 0.6) is 0 Å². The zero-order valence-corrected chi connectivity index (χ0v) is 18.2. The van der Waals surface area contributed by atoms with Crippen molar-refractivity contribution in [2.45, 2.75) is 38.2 Å². The third-order valence-corrected chi connectivity index (χ3v) is 6.26. The number of aryl methyl sites for hydroxylation is 1.